The van der Waals surface area contributed by atoms with E-state index < -0.39 is 11.7 Å². The Morgan fingerprint density at radius 2 is 1.79 bits per heavy atom. The molecule has 0 spiro atoms. The Bertz CT molecular complexity index is 820. The molecule has 150 valence electrons. The van der Waals surface area contributed by atoms with E-state index in [-0.39, 0.29) is 0 Å². The van der Waals surface area contributed by atoms with Crippen LogP contribution >= 0.6 is 12.2 Å². The number of alkyl halides is 3. The first kappa shape index (κ1) is 20.4. The van der Waals surface area contributed by atoms with Crippen LogP contribution in [0.15, 0.2) is 48.5 Å². The smallest absolute Gasteiger partial charge is 0.416 e. The second-order valence-corrected chi connectivity index (χ2v) is 6.98. The van der Waals surface area contributed by atoms with Crippen LogP contribution in [-0.4, -0.2) is 48.2 Å². The van der Waals surface area contributed by atoms with E-state index in [4.69, 9.17) is 17.0 Å². The molecule has 0 aromatic heterocycles. The first-order chi connectivity index (χ1) is 13.4. The van der Waals surface area contributed by atoms with E-state index in [0.717, 1.165) is 24.8 Å². The zero-order chi connectivity index (χ0) is 20.1. The van der Waals surface area contributed by atoms with E-state index in [1.165, 1.54) is 12.1 Å². The number of nitrogens with one attached hydrogen (secondary N) is 1. The lowest BCUT2D eigenvalue weighted by atomic mass is 10.1. The lowest BCUT2D eigenvalue weighted by molar-refractivity contribution is -0.137. The molecule has 8 heteroatoms. The standard InChI is InChI=1S/C20H22F3N3OS/c1-27-18-8-3-2-7-17(18)24-19(28)26-11-9-25(10-12-26)14-15-5-4-6-16(13-15)20(21,22)23/h2-8,13H,9-12,14H2,1H3,(H,24,28). The lowest BCUT2D eigenvalue weighted by Gasteiger charge is -2.36. The second-order valence-electron chi connectivity index (χ2n) is 6.59. The predicted octanol–water partition coefficient (Wildman–Crippen LogP) is 4.23. The van der Waals surface area contributed by atoms with E-state index in [1.54, 1.807) is 13.2 Å². The van der Waals surface area contributed by atoms with Gasteiger partial charge in [0.25, 0.3) is 0 Å². The minimum absolute atomic E-state index is 0.491. The number of piperazine rings is 1. The van der Waals surface area contributed by atoms with Crippen LogP contribution in [0.2, 0.25) is 0 Å². The molecule has 1 saturated heterocycles. The Labute approximate surface area is 167 Å². The molecule has 0 saturated carbocycles. The molecule has 1 heterocycles. The molecule has 0 amide bonds. The summed E-state index contributed by atoms with van der Waals surface area (Å²) in [6, 6.07) is 13.1. The molecule has 28 heavy (non-hydrogen) atoms. The molecular formula is C20H22F3N3OS. The third-order valence-electron chi connectivity index (χ3n) is 4.67. The molecule has 1 N–H and O–H groups in total. The summed E-state index contributed by atoms with van der Waals surface area (Å²) in [7, 11) is 1.61. The fourth-order valence-corrected chi connectivity index (χ4v) is 3.45. The molecule has 0 radical (unpaired) electrons. The van der Waals surface area contributed by atoms with Crippen molar-refractivity contribution in [2.45, 2.75) is 12.7 Å². The van der Waals surface area contributed by atoms with E-state index in [2.05, 4.69) is 15.1 Å². The normalized spacial score (nSPS) is 15.4. The number of halogens is 3. The van der Waals surface area contributed by atoms with Crippen molar-refractivity contribution in [2.75, 3.05) is 38.6 Å². The van der Waals surface area contributed by atoms with Crippen LogP contribution in [0.4, 0.5) is 18.9 Å². The summed E-state index contributed by atoms with van der Waals surface area (Å²) in [6.07, 6.45) is -4.31. The Hall–Kier alpha value is -2.32. The highest BCUT2D eigenvalue weighted by Gasteiger charge is 2.30. The summed E-state index contributed by atoms with van der Waals surface area (Å²) in [4.78, 5) is 4.20. The SMILES string of the molecule is COc1ccccc1NC(=S)N1CCN(Cc2cccc(C(F)(F)F)c2)CC1. The average Bonchev–Trinajstić information content (AvgIpc) is 2.68. The summed E-state index contributed by atoms with van der Waals surface area (Å²) in [6.45, 7) is 3.36. The van der Waals surface area contributed by atoms with Crippen molar-refractivity contribution in [3.8, 4) is 5.75 Å². The van der Waals surface area contributed by atoms with Gasteiger partial charge in [0, 0.05) is 32.7 Å². The molecule has 1 aliphatic heterocycles. The Balaban J connectivity index is 1.54. The number of benzene rings is 2. The van der Waals surface area contributed by atoms with Crippen LogP contribution in [0.5, 0.6) is 5.75 Å². The van der Waals surface area contributed by atoms with E-state index >= 15 is 0 Å². The van der Waals surface area contributed by atoms with Crippen LogP contribution in [0.3, 0.4) is 0 Å². The fourth-order valence-electron chi connectivity index (χ4n) is 3.16. The van der Waals surface area contributed by atoms with E-state index in [1.807, 2.05) is 24.3 Å². The van der Waals surface area contributed by atoms with Crippen LogP contribution in [0.25, 0.3) is 0 Å². The summed E-state index contributed by atoms with van der Waals surface area (Å²) < 4.78 is 43.9. The van der Waals surface area contributed by atoms with Gasteiger partial charge in [0.05, 0.1) is 18.4 Å². The van der Waals surface area contributed by atoms with Gasteiger partial charge in [-0.1, -0.05) is 30.3 Å². The number of thiocarbonyl (C=S) groups is 1. The number of hydrogen-bond acceptors (Lipinski definition) is 3. The van der Waals surface area contributed by atoms with Gasteiger partial charge in [-0.3, -0.25) is 4.90 Å². The van der Waals surface area contributed by atoms with Gasteiger partial charge in [-0.2, -0.15) is 13.2 Å². The van der Waals surface area contributed by atoms with Crippen LogP contribution in [-0.2, 0) is 12.7 Å². The highest BCUT2D eigenvalue weighted by molar-refractivity contribution is 7.80. The molecule has 2 aromatic carbocycles. The maximum absolute atomic E-state index is 12.9. The van der Waals surface area contributed by atoms with Gasteiger partial charge in [-0.25, -0.2) is 0 Å². The Kier molecular flexibility index (Phi) is 6.41. The molecule has 0 atom stereocenters. The van der Waals surface area contributed by atoms with Gasteiger partial charge >= 0.3 is 6.18 Å². The second kappa shape index (κ2) is 8.79. The van der Waals surface area contributed by atoms with Crippen molar-refractivity contribution in [2.24, 2.45) is 0 Å². The minimum Gasteiger partial charge on any atom is -0.495 e. The van der Waals surface area contributed by atoms with E-state index in [9.17, 15) is 13.2 Å². The van der Waals surface area contributed by atoms with Gasteiger partial charge in [0.15, 0.2) is 5.11 Å². The first-order valence-electron chi connectivity index (χ1n) is 8.94. The molecule has 1 aliphatic rings. The van der Waals surface area contributed by atoms with Crippen molar-refractivity contribution in [3.05, 3.63) is 59.7 Å². The molecular weight excluding hydrogens is 387 g/mol. The maximum Gasteiger partial charge on any atom is 0.416 e. The van der Waals surface area contributed by atoms with Crippen molar-refractivity contribution in [1.29, 1.82) is 0 Å². The predicted molar refractivity (Wildman–Crippen MR) is 108 cm³/mol. The maximum atomic E-state index is 12.9. The number of para-hydroxylation sites is 2. The zero-order valence-corrected chi connectivity index (χ0v) is 16.3. The van der Waals surface area contributed by atoms with Crippen LogP contribution in [0.1, 0.15) is 11.1 Å². The summed E-state index contributed by atoms with van der Waals surface area (Å²) >= 11 is 5.51. The van der Waals surface area contributed by atoms with Crippen molar-refractivity contribution in [3.63, 3.8) is 0 Å². The van der Waals surface area contributed by atoms with Crippen molar-refractivity contribution < 1.29 is 17.9 Å². The molecule has 3 rings (SSSR count). The van der Waals surface area contributed by atoms with Crippen molar-refractivity contribution >= 4 is 23.0 Å². The van der Waals surface area contributed by atoms with Crippen LogP contribution < -0.4 is 10.1 Å². The third kappa shape index (κ3) is 5.14. The quantitative estimate of drug-likeness (QED) is 0.763. The Morgan fingerprint density at radius 3 is 2.46 bits per heavy atom. The summed E-state index contributed by atoms with van der Waals surface area (Å²) in [5, 5.41) is 3.82. The number of anilines is 1. The topological polar surface area (TPSA) is 27.7 Å². The van der Waals surface area contributed by atoms with Gasteiger partial charge in [0.1, 0.15) is 5.75 Å². The van der Waals surface area contributed by atoms with Gasteiger partial charge < -0.3 is 15.0 Å². The zero-order valence-electron chi connectivity index (χ0n) is 15.5. The fraction of sp³-hybridized carbons (Fsp3) is 0.350. The number of nitrogens with zero attached hydrogens (tertiary/aromatic N) is 2. The van der Waals surface area contributed by atoms with Gasteiger partial charge in [-0.05, 0) is 36.0 Å². The number of methoxy groups -OCH3 is 1. The monoisotopic (exact) mass is 409 g/mol. The van der Waals surface area contributed by atoms with E-state index in [0.29, 0.717) is 36.1 Å². The summed E-state index contributed by atoms with van der Waals surface area (Å²) in [5.41, 5.74) is 0.866. The molecule has 2 aromatic rings. The molecule has 0 bridgehead atoms. The van der Waals surface area contributed by atoms with Crippen molar-refractivity contribution in [1.82, 2.24) is 9.80 Å². The molecule has 0 aliphatic carbocycles. The highest BCUT2D eigenvalue weighted by atomic mass is 32.1. The highest BCUT2D eigenvalue weighted by Crippen LogP contribution is 2.30. The van der Waals surface area contributed by atoms with Crippen LogP contribution in [0, 0.1) is 0 Å². The van der Waals surface area contributed by atoms with Gasteiger partial charge in [0.2, 0.25) is 0 Å². The molecule has 4 nitrogen and oxygen atoms in total. The third-order valence-corrected chi connectivity index (χ3v) is 5.03. The lowest BCUT2D eigenvalue weighted by Crippen LogP contribution is -2.49. The number of rotatable bonds is 4. The summed E-state index contributed by atoms with van der Waals surface area (Å²) in [5.74, 6) is 0.716. The Morgan fingerprint density at radius 1 is 1.07 bits per heavy atom. The molecule has 1 fully saturated rings. The largest absolute Gasteiger partial charge is 0.495 e. The number of hydrogen-bond donors (Lipinski definition) is 1. The molecule has 0 unspecified atom stereocenters. The first-order valence-corrected chi connectivity index (χ1v) is 9.35. The minimum atomic E-state index is -4.31. The number of ether oxygens (including phenoxy) is 1. The van der Waals surface area contributed by atoms with Gasteiger partial charge in [-0.15, -0.1) is 0 Å². The average molecular weight is 409 g/mol.